The van der Waals surface area contributed by atoms with Crippen molar-refractivity contribution in [2.45, 2.75) is 96.2 Å². The SMILES string of the molecule is Brc1ccsc1C1OCCO1.C=CC(=O)C1CC1.N#Cc1ccsc1/C=C/C(=O)C1CC1.N#Cc1ccsc1C1OCCO1.N#Cc1ccsc1C=O.N#Cc1ccsc1CCC(=O)C1CC1.NCc1ccsc1CCC(=O)C1CC1.O=Cc1sccc1Br.OCCO. The van der Waals surface area contributed by atoms with Crippen LogP contribution >= 0.6 is 111 Å². The Kier molecular flexibility index (Phi) is 36.7. The van der Waals surface area contributed by atoms with E-state index in [-0.39, 0.29) is 43.3 Å². The molecule has 4 saturated carbocycles. The Morgan fingerprint density at radius 1 is 0.516 bits per heavy atom. The predicted octanol–water partition coefficient (Wildman–Crippen LogP) is 15.4. The summed E-state index contributed by atoms with van der Waals surface area (Å²) in [6.45, 7) is 6.36. The predicted molar refractivity (Wildman–Crippen MR) is 373 cm³/mol. The number of Topliss-reactive ketones (excluding diaryl/α,β-unsaturated/α-hetero) is 2. The van der Waals surface area contributed by atoms with Gasteiger partial charge in [0, 0.05) is 66.6 Å². The number of nitriles is 4. The van der Waals surface area contributed by atoms with Crippen LogP contribution in [0.3, 0.4) is 0 Å². The van der Waals surface area contributed by atoms with Crippen molar-refractivity contribution in [1.82, 2.24) is 0 Å². The van der Waals surface area contributed by atoms with Gasteiger partial charge in [-0.1, -0.05) is 6.58 Å². The summed E-state index contributed by atoms with van der Waals surface area (Å²) in [7, 11) is 0. The van der Waals surface area contributed by atoms with Gasteiger partial charge in [0.25, 0.3) is 0 Å². The molecule has 0 radical (unpaired) electrons. The minimum Gasteiger partial charge on any atom is -0.394 e. The van der Waals surface area contributed by atoms with Crippen molar-refractivity contribution >= 4 is 153 Å². The number of ketones is 4. The highest BCUT2D eigenvalue weighted by atomic mass is 79.9. The lowest BCUT2D eigenvalue weighted by Crippen LogP contribution is -2.03. The molecule has 6 fully saturated rings. The summed E-state index contributed by atoms with van der Waals surface area (Å²) in [5, 5.41) is 63.1. The molecule has 0 atom stereocenters. The molecule has 13 rings (SSSR count). The molecule has 93 heavy (non-hydrogen) atoms. The highest BCUT2D eigenvalue weighted by molar-refractivity contribution is 9.11. The van der Waals surface area contributed by atoms with E-state index >= 15 is 0 Å². The van der Waals surface area contributed by atoms with Gasteiger partial charge in [-0.3, -0.25) is 28.8 Å². The number of ether oxygens (including phenoxy) is 4. The highest BCUT2D eigenvalue weighted by Gasteiger charge is 2.31. The van der Waals surface area contributed by atoms with E-state index in [0.29, 0.717) is 103 Å². The number of nitrogens with zero attached hydrogens (tertiary/aromatic N) is 4. The molecule has 0 amide bonds. The maximum atomic E-state index is 11.5. The Morgan fingerprint density at radius 3 is 1.37 bits per heavy atom. The zero-order valence-corrected chi connectivity index (χ0v) is 59.4. The van der Waals surface area contributed by atoms with Crippen LogP contribution in [0.5, 0.6) is 0 Å². The smallest absolute Gasteiger partial charge is 0.194 e. The van der Waals surface area contributed by atoms with Crippen LogP contribution in [0.4, 0.5) is 0 Å². The zero-order valence-electron chi connectivity index (χ0n) is 50.5. The molecule has 0 aromatic carbocycles. The second-order valence-corrected chi connectivity index (χ2v) is 28.8. The van der Waals surface area contributed by atoms with Crippen LogP contribution in [0.25, 0.3) is 6.08 Å². The van der Waals surface area contributed by atoms with Crippen LogP contribution in [0.2, 0.25) is 0 Å². The molecule has 4 N–H and O–H groups in total. The Bertz CT molecular complexity index is 3670. The summed E-state index contributed by atoms with van der Waals surface area (Å²) in [6, 6.07) is 21.2. The molecule has 9 heterocycles. The van der Waals surface area contributed by atoms with Crippen molar-refractivity contribution < 1.29 is 57.9 Å². The van der Waals surface area contributed by atoms with E-state index in [9.17, 15) is 28.8 Å². The van der Waals surface area contributed by atoms with Gasteiger partial charge in [0.15, 0.2) is 36.7 Å². The first-order chi connectivity index (χ1) is 45.2. The van der Waals surface area contributed by atoms with Crippen molar-refractivity contribution in [3.8, 4) is 24.3 Å². The number of allylic oxidation sites excluding steroid dienone is 2. The number of nitrogens with two attached hydrogens (primary N) is 1. The Balaban J connectivity index is 0.000000193. The van der Waals surface area contributed by atoms with Gasteiger partial charge in [-0.2, -0.15) is 21.0 Å². The molecule has 2 aliphatic heterocycles. The molecule has 4 aliphatic carbocycles. The van der Waals surface area contributed by atoms with E-state index in [2.05, 4.69) is 68.1 Å². The number of carbonyl (C=O) groups is 6. The molecule has 26 heteroatoms. The number of hydrogen-bond donors (Lipinski definition) is 3. The number of aldehydes is 2. The second-order valence-electron chi connectivity index (χ2n) is 20.3. The van der Waals surface area contributed by atoms with Crippen molar-refractivity contribution in [2.75, 3.05) is 39.6 Å². The third-order valence-electron chi connectivity index (χ3n) is 13.5. The van der Waals surface area contributed by atoms with Crippen molar-refractivity contribution in [2.24, 2.45) is 29.4 Å². The maximum Gasteiger partial charge on any atom is 0.194 e. The molecule has 6 aliphatic rings. The van der Waals surface area contributed by atoms with E-state index in [1.165, 1.54) is 61.9 Å². The molecule has 490 valence electrons. The fourth-order valence-corrected chi connectivity index (χ4v) is 14.6. The Morgan fingerprint density at radius 2 is 0.925 bits per heavy atom. The average Bonchev–Trinajstić information content (AvgIpc) is 2.93. The molecule has 0 bridgehead atoms. The number of halogens is 2. The van der Waals surface area contributed by atoms with E-state index in [1.807, 2.05) is 51.2 Å². The number of thiophene rings is 7. The zero-order chi connectivity index (χ0) is 67.3. The molecular formula is C67H69Br2N5O12S7. The van der Waals surface area contributed by atoms with Gasteiger partial charge >= 0.3 is 0 Å². The van der Waals surface area contributed by atoms with Gasteiger partial charge in [0.1, 0.15) is 35.8 Å². The van der Waals surface area contributed by atoms with Crippen LogP contribution in [0.15, 0.2) is 108 Å². The number of carbonyl (C=O) groups excluding carboxylic acids is 6. The van der Waals surface area contributed by atoms with Gasteiger partial charge < -0.3 is 34.9 Å². The second kappa shape index (κ2) is 43.9. The van der Waals surface area contributed by atoms with Crippen LogP contribution in [-0.4, -0.2) is 85.6 Å². The minimum atomic E-state index is -0.306. The first kappa shape index (κ1) is 77.7. The van der Waals surface area contributed by atoms with Gasteiger partial charge in [0.05, 0.1) is 81.4 Å². The molecule has 0 spiro atoms. The summed E-state index contributed by atoms with van der Waals surface area (Å²) in [4.78, 5) is 71.4. The lowest BCUT2D eigenvalue weighted by molar-refractivity contribution is -0.121. The monoisotopic (exact) mass is 1520 g/mol. The fraction of sp³-hybridized carbons (Fsp3) is 0.373. The van der Waals surface area contributed by atoms with E-state index < -0.39 is 0 Å². The molecule has 0 unspecified atom stereocenters. The lowest BCUT2D eigenvalue weighted by atomic mass is 10.1. The van der Waals surface area contributed by atoms with Crippen LogP contribution in [0, 0.1) is 69.0 Å². The normalized spacial score (nSPS) is 14.9. The fourth-order valence-electron chi connectivity index (χ4n) is 7.82. The van der Waals surface area contributed by atoms with Gasteiger partial charge in [-0.15, -0.1) is 79.4 Å². The summed E-state index contributed by atoms with van der Waals surface area (Å²) in [5.74, 6) is 2.61. The van der Waals surface area contributed by atoms with Crippen molar-refractivity contribution in [1.29, 1.82) is 21.0 Å². The number of hydrogen-bond acceptors (Lipinski definition) is 24. The van der Waals surface area contributed by atoms with Crippen LogP contribution < -0.4 is 5.73 Å². The van der Waals surface area contributed by atoms with Crippen molar-refractivity contribution in [3.05, 3.63) is 170 Å². The first-order valence-corrected chi connectivity index (χ1v) is 37.1. The molecule has 7 aromatic rings. The molecule has 17 nitrogen and oxygen atoms in total. The number of rotatable bonds is 19. The van der Waals surface area contributed by atoms with Crippen molar-refractivity contribution in [3.63, 3.8) is 0 Å². The third kappa shape index (κ3) is 28.5. The Labute approximate surface area is 586 Å². The summed E-state index contributed by atoms with van der Waals surface area (Å²) >= 11 is 17.3. The van der Waals surface area contributed by atoms with Gasteiger partial charge in [-0.05, 0) is 200 Å². The largest absolute Gasteiger partial charge is 0.394 e. The molecule has 7 aromatic heterocycles. The lowest BCUT2D eigenvalue weighted by Gasteiger charge is -2.05. The Hall–Kier alpha value is -5.96. The molecular weight excluding hydrogens is 1450 g/mol. The quantitative estimate of drug-likeness (QED) is 0.0500. The number of aliphatic hydroxyl groups is 2. The van der Waals surface area contributed by atoms with E-state index in [1.54, 1.807) is 69.7 Å². The van der Waals surface area contributed by atoms with Crippen LogP contribution in [-0.2, 0) is 57.5 Å². The van der Waals surface area contributed by atoms with Crippen LogP contribution in [0.1, 0.15) is 148 Å². The minimum absolute atomic E-state index is 0.125. The van der Waals surface area contributed by atoms with E-state index in [0.717, 1.165) is 109 Å². The number of aryl methyl sites for hydroxylation is 2. The standard InChI is InChI=1S/C11H15NOS.C11H11NOS.C11H9NOS.C8H7NO2S.C7H7BrO2S.C6H3NOS.C6H8O.C5H3BrOS.C2H6O2/c3*12-7-9-5-6-14-11(9)4-3-10(13)8-1-2-8;9-5-6-1-4-12-7(6)8-10-2-3-11-8;8-5-1-4-11-6(5)7-9-2-3-10-7;7-3-5-1-2-9-6(5)4-8;1-2-6(7)5-3-4-5;6-4-1-2-8-5(4)3-7;3-1-2-4/h5-6,8H,1-4,7,12H2;5-6,8H,1-4H2;3-6,8H,1-2H2;1,4,8H,2-3H2;1,4,7H,2-3H2;1-2,4H;2,5H,1,3-4H2;1-3H;3-4H,1-2H2/b;;4-3+;;;;;;. The summed E-state index contributed by atoms with van der Waals surface area (Å²) in [5.41, 5.74) is 9.31. The third-order valence-corrected chi connectivity index (χ3v) is 21.8. The van der Waals surface area contributed by atoms with Gasteiger partial charge in [0.2, 0.25) is 0 Å². The number of aliphatic hydroxyl groups excluding tert-OH is 2. The first-order valence-electron chi connectivity index (χ1n) is 29.3. The van der Waals surface area contributed by atoms with E-state index in [4.69, 9.17) is 55.9 Å². The maximum absolute atomic E-state index is 11.5. The molecule has 2 saturated heterocycles. The summed E-state index contributed by atoms with van der Waals surface area (Å²) < 4.78 is 23.2. The summed E-state index contributed by atoms with van der Waals surface area (Å²) in [6.07, 6.45) is 17.4. The highest BCUT2D eigenvalue weighted by Crippen LogP contribution is 2.36. The topological polar surface area (TPSA) is 301 Å². The average molecular weight is 1520 g/mol. The van der Waals surface area contributed by atoms with Gasteiger partial charge in [-0.25, -0.2) is 0 Å².